The summed E-state index contributed by atoms with van der Waals surface area (Å²) in [5, 5.41) is 8.54. The van der Waals surface area contributed by atoms with E-state index < -0.39 is 0 Å². The van der Waals surface area contributed by atoms with Gasteiger partial charge in [-0.3, -0.25) is 9.78 Å². The number of aromatic nitrogens is 4. The number of ether oxygens (including phenoxy) is 1. The van der Waals surface area contributed by atoms with Crippen LogP contribution in [0.2, 0.25) is 0 Å². The first kappa shape index (κ1) is 18.4. The predicted octanol–water partition coefficient (Wildman–Crippen LogP) is 2.18. The highest BCUT2D eigenvalue weighted by Crippen LogP contribution is 2.25. The zero-order valence-corrected chi connectivity index (χ0v) is 16.3. The highest BCUT2D eigenvalue weighted by atomic mass is 16.5. The Morgan fingerprint density at radius 2 is 2.11 bits per heavy atom. The maximum Gasteiger partial charge on any atom is 0.269 e. The van der Waals surface area contributed by atoms with E-state index in [-0.39, 0.29) is 18.2 Å². The first-order valence-corrected chi connectivity index (χ1v) is 9.33. The minimum absolute atomic E-state index is 0.140. The molecule has 8 nitrogen and oxygen atoms in total. The molecule has 28 heavy (non-hydrogen) atoms. The molecular formula is C20H23N5O3. The summed E-state index contributed by atoms with van der Waals surface area (Å²) in [4.78, 5) is 19.1. The fraction of sp³-hybridized carbons (Fsp3) is 0.400. The van der Waals surface area contributed by atoms with E-state index in [1.54, 1.807) is 18.5 Å². The molecule has 0 bridgehead atoms. The molecule has 1 aliphatic heterocycles. The minimum atomic E-state index is -0.162. The van der Waals surface area contributed by atoms with E-state index in [2.05, 4.69) is 20.1 Å². The van der Waals surface area contributed by atoms with Crippen LogP contribution in [0.1, 0.15) is 23.9 Å². The summed E-state index contributed by atoms with van der Waals surface area (Å²) >= 11 is 0. The van der Waals surface area contributed by atoms with E-state index in [1.165, 1.54) is 4.68 Å². The molecule has 1 aliphatic rings. The van der Waals surface area contributed by atoms with Crippen molar-refractivity contribution in [2.75, 3.05) is 24.6 Å². The smallest absolute Gasteiger partial charge is 0.269 e. The second kappa shape index (κ2) is 7.55. The number of pyridine rings is 1. The van der Waals surface area contributed by atoms with Crippen molar-refractivity contribution in [1.29, 1.82) is 0 Å². The van der Waals surface area contributed by atoms with E-state index >= 15 is 0 Å². The third kappa shape index (κ3) is 3.68. The normalized spacial score (nSPS) is 17.1. The average Bonchev–Trinajstić information content (AvgIpc) is 3.04. The lowest BCUT2D eigenvalue weighted by molar-refractivity contribution is 0.0532. The Kier molecular flexibility index (Phi) is 4.95. The first-order chi connectivity index (χ1) is 13.5. The standard InChI is InChI=1S/C20H23N5O3/c1-13-4-5-16(9-21-13)20-18(15(3)28-23-20)12-25-19(26)8-17(10-22-25)24-6-7-27-14(2)11-24/h4-5,8-10,14H,6-7,11-12H2,1-3H3/t14-/m0/s1. The largest absolute Gasteiger partial charge is 0.375 e. The zero-order valence-electron chi connectivity index (χ0n) is 16.3. The Morgan fingerprint density at radius 3 is 2.82 bits per heavy atom. The Labute approximate surface area is 162 Å². The van der Waals surface area contributed by atoms with Crippen molar-refractivity contribution in [3.63, 3.8) is 0 Å². The van der Waals surface area contributed by atoms with E-state index in [4.69, 9.17) is 9.26 Å². The van der Waals surface area contributed by atoms with Gasteiger partial charge in [-0.15, -0.1) is 0 Å². The third-order valence-electron chi connectivity index (χ3n) is 4.94. The van der Waals surface area contributed by atoms with Gasteiger partial charge in [0, 0.05) is 42.2 Å². The lowest BCUT2D eigenvalue weighted by Gasteiger charge is -2.32. The summed E-state index contributed by atoms with van der Waals surface area (Å²) in [5.41, 5.74) is 3.95. The maximum atomic E-state index is 12.7. The maximum absolute atomic E-state index is 12.7. The van der Waals surface area contributed by atoms with Gasteiger partial charge in [0.2, 0.25) is 0 Å². The molecule has 1 fully saturated rings. The molecule has 0 amide bonds. The van der Waals surface area contributed by atoms with Crippen LogP contribution in [-0.2, 0) is 11.3 Å². The van der Waals surface area contributed by atoms with Gasteiger partial charge in [-0.25, -0.2) is 4.68 Å². The third-order valence-corrected chi connectivity index (χ3v) is 4.94. The number of anilines is 1. The van der Waals surface area contributed by atoms with Gasteiger partial charge in [-0.05, 0) is 32.9 Å². The van der Waals surface area contributed by atoms with Gasteiger partial charge in [0.25, 0.3) is 5.56 Å². The molecule has 0 N–H and O–H groups in total. The van der Waals surface area contributed by atoms with Gasteiger partial charge in [0.05, 0.1) is 31.1 Å². The summed E-state index contributed by atoms with van der Waals surface area (Å²) in [6.45, 7) is 8.23. The second-order valence-electron chi connectivity index (χ2n) is 7.09. The van der Waals surface area contributed by atoms with Crippen LogP contribution >= 0.6 is 0 Å². The van der Waals surface area contributed by atoms with E-state index in [0.717, 1.165) is 35.6 Å². The summed E-state index contributed by atoms with van der Waals surface area (Å²) in [6.07, 6.45) is 3.63. The van der Waals surface area contributed by atoms with Gasteiger partial charge in [-0.1, -0.05) is 5.16 Å². The Morgan fingerprint density at radius 1 is 1.25 bits per heavy atom. The van der Waals surface area contributed by atoms with Gasteiger partial charge >= 0.3 is 0 Å². The molecular weight excluding hydrogens is 358 g/mol. The van der Waals surface area contributed by atoms with Crippen molar-refractivity contribution in [3.8, 4) is 11.3 Å². The molecule has 0 radical (unpaired) electrons. The van der Waals surface area contributed by atoms with Crippen LogP contribution in [0.3, 0.4) is 0 Å². The van der Waals surface area contributed by atoms with Crippen molar-refractivity contribution >= 4 is 5.69 Å². The Bertz CT molecular complexity index is 1030. The van der Waals surface area contributed by atoms with Crippen molar-refractivity contribution in [1.82, 2.24) is 19.9 Å². The number of hydrogen-bond donors (Lipinski definition) is 0. The molecule has 0 saturated carbocycles. The second-order valence-corrected chi connectivity index (χ2v) is 7.09. The predicted molar refractivity (Wildman–Crippen MR) is 104 cm³/mol. The van der Waals surface area contributed by atoms with Gasteiger partial charge in [0.1, 0.15) is 11.5 Å². The lowest BCUT2D eigenvalue weighted by atomic mass is 10.1. The molecule has 4 heterocycles. The van der Waals surface area contributed by atoms with E-state index in [0.29, 0.717) is 18.1 Å². The molecule has 0 aromatic carbocycles. The molecule has 3 aromatic heterocycles. The van der Waals surface area contributed by atoms with E-state index in [9.17, 15) is 4.79 Å². The van der Waals surface area contributed by atoms with Gasteiger partial charge in [-0.2, -0.15) is 5.10 Å². The lowest BCUT2D eigenvalue weighted by Crippen LogP contribution is -2.41. The summed E-state index contributed by atoms with van der Waals surface area (Å²) in [5.74, 6) is 0.662. The highest BCUT2D eigenvalue weighted by Gasteiger charge is 2.19. The molecule has 0 aliphatic carbocycles. The highest BCUT2D eigenvalue weighted by molar-refractivity contribution is 5.62. The number of rotatable bonds is 4. The molecule has 3 aromatic rings. The fourth-order valence-corrected chi connectivity index (χ4v) is 3.33. The monoisotopic (exact) mass is 381 g/mol. The molecule has 0 unspecified atom stereocenters. The number of aryl methyl sites for hydroxylation is 2. The van der Waals surface area contributed by atoms with Crippen LogP contribution < -0.4 is 10.5 Å². The zero-order chi connectivity index (χ0) is 19.7. The van der Waals surface area contributed by atoms with Crippen molar-refractivity contribution in [2.45, 2.75) is 33.4 Å². The summed E-state index contributed by atoms with van der Waals surface area (Å²) in [7, 11) is 0. The quantitative estimate of drug-likeness (QED) is 0.685. The molecule has 146 valence electrons. The number of nitrogens with zero attached hydrogens (tertiary/aromatic N) is 5. The Hall–Kier alpha value is -3.00. The van der Waals surface area contributed by atoms with Crippen molar-refractivity contribution in [3.05, 3.63) is 58.0 Å². The van der Waals surface area contributed by atoms with Crippen LogP contribution in [-0.4, -0.2) is 45.7 Å². The topological polar surface area (TPSA) is 86.3 Å². The molecule has 8 heteroatoms. The number of morpholine rings is 1. The summed E-state index contributed by atoms with van der Waals surface area (Å²) in [6, 6.07) is 5.49. The molecule has 4 rings (SSSR count). The minimum Gasteiger partial charge on any atom is -0.375 e. The van der Waals surface area contributed by atoms with Crippen LogP contribution in [0.4, 0.5) is 5.69 Å². The average molecular weight is 381 g/mol. The molecule has 0 spiro atoms. The van der Waals surface area contributed by atoms with Gasteiger partial charge in [0.15, 0.2) is 0 Å². The van der Waals surface area contributed by atoms with Gasteiger partial charge < -0.3 is 14.2 Å². The summed E-state index contributed by atoms with van der Waals surface area (Å²) < 4.78 is 12.4. The van der Waals surface area contributed by atoms with Crippen LogP contribution in [0.5, 0.6) is 0 Å². The van der Waals surface area contributed by atoms with Crippen molar-refractivity contribution in [2.24, 2.45) is 0 Å². The fourth-order valence-electron chi connectivity index (χ4n) is 3.33. The van der Waals surface area contributed by atoms with Crippen LogP contribution in [0, 0.1) is 13.8 Å². The number of hydrogen-bond acceptors (Lipinski definition) is 7. The van der Waals surface area contributed by atoms with Crippen LogP contribution in [0.25, 0.3) is 11.3 Å². The van der Waals surface area contributed by atoms with Crippen LogP contribution in [0.15, 0.2) is 39.9 Å². The molecule has 1 atom stereocenters. The Balaban J connectivity index is 1.61. The molecule has 1 saturated heterocycles. The SMILES string of the molecule is Cc1ccc(-c2noc(C)c2Cn2ncc(N3CCO[C@@H](C)C3)cc2=O)cn1. The van der Waals surface area contributed by atoms with E-state index in [1.807, 2.05) is 32.9 Å². The van der Waals surface area contributed by atoms with Crippen molar-refractivity contribution < 1.29 is 9.26 Å². The first-order valence-electron chi connectivity index (χ1n) is 9.33.